The van der Waals surface area contributed by atoms with Crippen LogP contribution in [0.1, 0.15) is 20.1 Å². The van der Waals surface area contributed by atoms with Gasteiger partial charge in [0.15, 0.2) is 0 Å². The quantitative estimate of drug-likeness (QED) is 0.410. The van der Waals surface area contributed by atoms with Gasteiger partial charge in [-0.3, -0.25) is 0 Å². The van der Waals surface area contributed by atoms with Crippen LogP contribution in [0, 0.1) is 12.7 Å². The zero-order valence-corrected chi connectivity index (χ0v) is 18.3. The van der Waals surface area contributed by atoms with Crippen LogP contribution in [0.2, 0.25) is 0 Å². The molecule has 0 spiro atoms. The van der Waals surface area contributed by atoms with E-state index in [-0.39, 0.29) is 12.4 Å². The number of carbonyl (C=O) groups excluding carboxylic acids is 1. The maximum atomic E-state index is 13.8. The third-order valence-electron chi connectivity index (χ3n) is 4.31. The number of thiophene rings is 1. The smallest absolute Gasteiger partial charge is 0.348 e. The molecule has 0 fully saturated rings. The Morgan fingerprint density at radius 3 is 2.69 bits per heavy atom. The third-order valence-corrected chi connectivity index (χ3v) is 6.86. The van der Waals surface area contributed by atoms with Crippen LogP contribution in [-0.4, -0.2) is 31.4 Å². The van der Waals surface area contributed by atoms with Crippen LogP contribution in [-0.2, 0) is 15.9 Å². The molecule has 3 rings (SSSR count). The topological polar surface area (TPSA) is 65.5 Å². The van der Waals surface area contributed by atoms with Gasteiger partial charge in [-0.2, -0.15) is 0 Å². The van der Waals surface area contributed by atoms with Gasteiger partial charge in [-0.05, 0) is 37.9 Å². The van der Waals surface area contributed by atoms with Crippen molar-refractivity contribution in [2.75, 3.05) is 20.4 Å². The van der Waals surface area contributed by atoms with Crippen molar-refractivity contribution in [1.82, 2.24) is 4.98 Å². The summed E-state index contributed by atoms with van der Waals surface area (Å²) in [6.07, 6.45) is 1.11. The van der Waals surface area contributed by atoms with E-state index >= 15 is 0 Å². The molecular formula is C21H21FNO4PS. The summed E-state index contributed by atoms with van der Waals surface area (Å²) < 4.78 is 36.8. The number of aromatic nitrogens is 1. The van der Waals surface area contributed by atoms with Crippen molar-refractivity contribution in [2.24, 2.45) is 0 Å². The molecule has 0 bridgehead atoms. The fourth-order valence-corrected chi connectivity index (χ4v) is 4.65. The first-order valence-electron chi connectivity index (χ1n) is 8.81. The molecule has 0 radical (unpaired) electrons. The largest absolute Gasteiger partial charge is 0.487 e. The van der Waals surface area contributed by atoms with E-state index in [0.29, 0.717) is 16.1 Å². The second-order valence-electron chi connectivity index (χ2n) is 6.88. The predicted molar refractivity (Wildman–Crippen MR) is 113 cm³/mol. The highest BCUT2D eigenvalue weighted by molar-refractivity contribution is 7.70. The highest BCUT2D eigenvalue weighted by Gasteiger charge is 2.19. The molecule has 0 saturated carbocycles. The number of esters is 1. The lowest BCUT2D eigenvalue weighted by Crippen LogP contribution is -2.06. The van der Waals surface area contributed by atoms with E-state index in [0.717, 1.165) is 21.9 Å². The monoisotopic (exact) mass is 433 g/mol. The number of benzene rings is 1. The zero-order valence-electron chi connectivity index (χ0n) is 16.6. The first-order chi connectivity index (χ1) is 13.7. The van der Waals surface area contributed by atoms with E-state index in [1.165, 1.54) is 24.5 Å². The van der Waals surface area contributed by atoms with Crippen molar-refractivity contribution < 1.29 is 23.2 Å². The molecule has 8 heteroatoms. The number of nitrogens with zero attached hydrogens (tertiary/aromatic N) is 1. The van der Waals surface area contributed by atoms with Crippen LogP contribution in [0.25, 0.3) is 11.3 Å². The van der Waals surface area contributed by atoms with E-state index < -0.39 is 18.9 Å². The molecule has 0 aliphatic rings. The number of halogens is 1. The van der Waals surface area contributed by atoms with Crippen molar-refractivity contribution in [2.45, 2.75) is 13.5 Å². The van der Waals surface area contributed by atoms with Gasteiger partial charge in [-0.15, -0.1) is 11.3 Å². The second-order valence-corrected chi connectivity index (χ2v) is 11.4. The van der Waals surface area contributed by atoms with Crippen molar-refractivity contribution in [1.29, 1.82) is 0 Å². The molecule has 5 nitrogen and oxygen atoms in total. The van der Waals surface area contributed by atoms with Crippen molar-refractivity contribution in [3.63, 3.8) is 0 Å². The average Bonchev–Trinajstić information content (AvgIpc) is 3.07. The Labute approximate surface area is 172 Å². The molecule has 0 amide bonds. The van der Waals surface area contributed by atoms with Crippen LogP contribution in [0.4, 0.5) is 4.39 Å². The number of hydrogen-bond acceptors (Lipinski definition) is 6. The lowest BCUT2D eigenvalue weighted by molar-refractivity contribution is 0.0606. The number of pyridine rings is 1. The summed E-state index contributed by atoms with van der Waals surface area (Å²) in [5.41, 5.74) is 1.95. The van der Waals surface area contributed by atoms with E-state index in [2.05, 4.69) is 4.98 Å². The SMILES string of the molecule is COC(=O)c1cc(-c2ncc(F)cc2OCc2cccc(P(C)(C)=O)c2)c(C)s1. The predicted octanol–water partition coefficient (Wildman–Crippen LogP) is 4.87. The van der Waals surface area contributed by atoms with Crippen LogP contribution in [0.5, 0.6) is 5.75 Å². The molecule has 152 valence electrons. The van der Waals surface area contributed by atoms with E-state index in [4.69, 9.17) is 9.47 Å². The third kappa shape index (κ3) is 4.92. The number of methoxy groups -OCH3 is 1. The minimum atomic E-state index is -2.39. The average molecular weight is 433 g/mol. The van der Waals surface area contributed by atoms with Gasteiger partial charge in [0.05, 0.1) is 13.3 Å². The Morgan fingerprint density at radius 2 is 2.00 bits per heavy atom. The fraction of sp³-hybridized carbons (Fsp3) is 0.238. The number of aryl methyl sites for hydroxylation is 1. The van der Waals surface area contributed by atoms with Gasteiger partial charge < -0.3 is 14.0 Å². The summed E-state index contributed by atoms with van der Waals surface area (Å²) in [6.45, 7) is 5.43. The zero-order chi connectivity index (χ0) is 21.2. The molecule has 0 unspecified atom stereocenters. The van der Waals surface area contributed by atoms with E-state index in [1.54, 1.807) is 19.4 Å². The minimum absolute atomic E-state index is 0.166. The summed E-state index contributed by atoms with van der Waals surface area (Å²) in [5, 5.41) is 0.757. The Bertz CT molecular complexity index is 1110. The van der Waals surface area contributed by atoms with Gasteiger partial charge in [0.1, 0.15) is 35.9 Å². The highest BCUT2D eigenvalue weighted by Crippen LogP contribution is 2.37. The van der Waals surface area contributed by atoms with Crippen LogP contribution >= 0.6 is 18.5 Å². The number of hydrogen-bond donors (Lipinski definition) is 0. The summed E-state index contributed by atoms with van der Waals surface area (Å²) in [6, 6.07) is 10.3. The van der Waals surface area contributed by atoms with Gasteiger partial charge in [0, 0.05) is 21.8 Å². The maximum Gasteiger partial charge on any atom is 0.348 e. The van der Waals surface area contributed by atoms with Crippen LogP contribution < -0.4 is 10.0 Å². The standard InChI is InChI=1S/C21H21FNO4PS/c1-13-17(10-19(29-13)21(24)26-2)20-18(9-15(22)11-23-20)27-12-14-6-5-7-16(8-14)28(3,4)25/h5-11H,12H2,1-4H3. The molecule has 0 atom stereocenters. The molecule has 29 heavy (non-hydrogen) atoms. The Kier molecular flexibility index (Phi) is 6.20. The summed E-state index contributed by atoms with van der Waals surface area (Å²) in [7, 11) is -1.07. The molecule has 0 aliphatic carbocycles. The molecular weight excluding hydrogens is 412 g/mol. The fourth-order valence-electron chi connectivity index (χ4n) is 2.79. The number of ether oxygens (including phenoxy) is 2. The maximum absolute atomic E-state index is 13.8. The van der Waals surface area contributed by atoms with E-state index in [9.17, 15) is 13.8 Å². The number of carbonyl (C=O) groups is 1. The lowest BCUT2D eigenvalue weighted by Gasteiger charge is -2.13. The van der Waals surface area contributed by atoms with Gasteiger partial charge in [0.25, 0.3) is 0 Å². The molecule has 2 heterocycles. The van der Waals surface area contributed by atoms with Gasteiger partial charge in [0.2, 0.25) is 0 Å². The Morgan fingerprint density at radius 1 is 1.24 bits per heavy atom. The number of rotatable bonds is 6. The van der Waals surface area contributed by atoms with Gasteiger partial charge in [-0.1, -0.05) is 18.2 Å². The Balaban J connectivity index is 1.92. The molecule has 2 aromatic heterocycles. The summed E-state index contributed by atoms with van der Waals surface area (Å²) >= 11 is 1.28. The molecule has 0 saturated heterocycles. The molecule has 0 N–H and O–H groups in total. The minimum Gasteiger partial charge on any atom is -0.487 e. The van der Waals surface area contributed by atoms with Gasteiger partial charge >= 0.3 is 5.97 Å². The first kappa shape index (κ1) is 21.2. The van der Waals surface area contributed by atoms with Crippen LogP contribution in [0.15, 0.2) is 42.6 Å². The van der Waals surface area contributed by atoms with Crippen molar-refractivity contribution in [3.8, 4) is 17.0 Å². The van der Waals surface area contributed by atoms with Crippen molar-refractivity contribution in [3.05, 3.63) is 63.7 Å². The van der Waals surface area contributed by atoms with E-state index in [1.807, 2.05) is 31.2 Å². The summed E-state index contributed by atoms with van der Waals surface area (Å²) in [5.74, 6) is -0.691. The molecule has 3 aromatic rings. The van der Waals surface area contributed by atoms with Crippen molar-refractivity contribution >= 4 is 29.8 Å². The lowest BCUT2D eigenvalue weighted by atomic mass is 10.1. The first-order valence-corrected chi connectivity index (χ1v) is 12.2. The second kappa shape index (κ2) is 8.47. The van der Waals surface area contributed by atoms with Gasteiger partial charge in [-0.25, -0.2) is 14.2 Å². The normalized spacial score (nSPS) is 11.3. The summed E-state index contributed by atoms with van der Waals surface area (Å²) in [4.78, 5) is 17.3. The molecule has 0 aliphatic heterocycles. The highest BCUT2D eigenvalue weighted by atomic mass is 32.1. The van der Waals surface area contributed by atoms with Crippen LogP contribution in [0.3, 0.4) is 0 Å². The molecule has 1 aromatic carbocycles. The Hall–Kier alpha value is -2.50.